The van der Waals surface area contributed by atoms with E-state index < -0.39 is 0 Å². The van der Waals surface area contributed by atoms with Crippen LogP contribution in [0.2, 0.25) is 5.02 Å². The molecule has 0 bridgehead atoms. The lowest BCUT2D eigenvalue weighted by molar-refractivity contribution is 0.000823. The van der Waals surface area contributed by atoms with Crippen molar-refractivity contribution in [3.8, 4) is 0 Å². The largest absolute Gasteiger partial charge is 0.458 e. The van der Waals surface area contributed by atoms with Crippen LogP contribution in [0.3, 0.4) is 0 Å². The van der Waals surface area contributed by atoms with Crippen molar-refractivity contribution in [1.29, 1.82) is 0 Å². The van der Waals surface area contributed by atoms with Gasteiger partial charge in [-0.05, 0) is 49.8 Å². The van der Waals surface area contributed by atoms with Crippen LogP contribution in [0.1, 0.15) is 49.4 Å². The summed E-state index contributed by atoms with van der Waals surface area (Å²) in [7, 11) is 0. The summed E-state index contributed by atoms with van der Waals surface area (Å²) < 4.78 is 5.64. The lowest BCUT2D eigenvalue weighted by Gasteiger charge is -2.30. The maximum absolute atomic E-state index is 12.2. The fourth-order valence-electron chi connectivity index (χ4n) is 2.72. The van der Waals surface area contributed by atoms with Gasteiger partial charge in [-0.1, -0.05) is 24.9 Å². The minimum atomic E-state index is -0.334. The van der Waals surface area contributed by atoms with E-state index in [9.17, 15) is 4.79 Å². The number of esters is 1. The van der Waals surface area contributed by atoms with Crippen LogP contribution >= 0.6 is 11.6 Å². The summed E-state index contributed by atoms with van der Waals surface area (Å²) in [6.07, 6.45) is 5.54. The van der Waals surface area contributed by atoms with Crippen LogP contribution in [-0.2, 0) is 4.74 Å². The van der Waals surface area contributed by atoms with E-state index in [4.69, 9.17) is 22.1 Å². The topological polar surface area (TPSA) is 52.3 Å². The summed E-state index contributed by atoms with van der Waals surface area (Å²) in [5, 5.41) is 0.526. The first kappa shape index (κ1) is 14.2. The van der Waals surface area contributed by atoms with Crippen molar-refractivity contribution in [3.63, 3.8) is 0 Å². The average molecular weight is 282 g/mol. The molecule has 2 rings (SSSR count). The molecule has 104 valence electrons. The number of hydrogen-bond acceptors (Lipinski definition) is 3. The van der Waals surface area contributed by atoms with Gasteiger partial charge in [0.1, 0.15) is 6.10 Å². The van der Waals surface area contributed by atoms with Crippen LogP contribution in [0.4, 0.5) is 5.69 Å². The van der Waals surface area contributed by atoms with Gasteiger partial charge in [0.25, 0.3) is 0 Å². The molecule has 1 saturated carbocycles. The van der Waals surface area contributed by atoms with Gasteiger partial charge in [0.2, 0.25) is 0 Å². The highest BCUT2D eigenvalue weighted by Gasteiger charge is 2.27. The van der Waals surface area contributed by atoms with Crippen LogP contribution in [-0.4, -0.2) is 12.1 Å². The normalized spacial score (nSPS) is 23.1. The summed E-state index contributed by atoms with van der Waals surface area (Å²) in [5.74, 6) is 0.144. The Morgan fingerprint density at radius 1 is 1.42 bits per heavy atom. The SMILES string of the molecule is CCC1CCCCC1OC(=O)c1ccc(Cl)cc1N. The Hall–Kier alpha value is -1.22. The molecule has 0 aliphatic heterocycles. The van der Waals surface area contributed by atoms with E-state index in [1.165, 1.54) is 6.42 Å². The van der Waals surface area contributed by atoms with Gasteiger partial charge >= 0.3 is 5.97 Å². The van der Waals surface area contributed by atoms with Crippen LogP contribution < -0.4 is 5.73 Å². The smallest absolute Gasteiger partial charge is 0.340 e. The van der Waals surface area contributed by atoms with Gasteiger partial charge in [-0.15, -0.1) is 0 Å². The number of nitrogen functional groups attached to an aromatic ring is 1. The maximum atomic E-state index is 12.2. The van der Waals surface area contributed by atoms with Gasteiger partial charge in [-0.2, -0.15) is 0 Å². The Morgan fingerprint density at radius 2 is 2.16 bits per heavy atom. The third-order valence-electron chi connectivity index (χ3n) is 3.86. The molecular weight excluding hydrogens is 262 g/mol. The zero-order valence-electron chi connectivity index (χ0n) is 11.2. The van der Waals surface area contributed by atoms with Crippen molar-refractivity contribution in [2.75, 3.05) is 5.73 Å². The number of benzene rings is 1. The Morgan fingerprint density at radius 3 is 2.84 bits per heavy atom. The van der Waals surface area contributed by atoms with E-state index in [2.05, 4.69) is 6.92 Å². The van der Waals surface area contributed by atoms with Crippen LogP contribution in [0, 0.1) is 5.92 Å². The molecule has 0 amide bonds. The second-order valence-electron chi connectivity index (χ2n) is 5.13. The van der Waals surface area contributed by atoms with Crippen molar-refractivity contribution in [3.05, 3.63) is 28.8 Å². The minimum absolute atomic E-state index is 0.0290. The van der Waals surface area contributed by atoms with Gasteiger partial charge in [0.05, 0.1) is 5.56 Å². The van der Waals surface area contributed by atoms with Crippen LogP contribution in [0.15, 0.2) is 18.2 Å². The van der Waals surface area contributed by atoms with Gasteiger partial charge in [-0.3, -0.25) is 0 Å². The molecule has 1 fully saturated rings. The molecule has 0 saturated heterocycles. The molecule has 0 spiro atoms. The number of halogens is 1. The lowest BCUT2D eigenvalue weighted by atomic mass is 9.85. The monoisotopic (exact) mass is 281 g/mol. The summed E-state index contributed by atoms with van der Waals surface area (Å²) in [5.41, 5.74) is 6.59. The number of carbonyl (C=O) groups is 1. The van der Waals surface area contributed by atoms with E-state index in [0.29, 0.717) is 22.2 Å². The highest BCUT2D eigenvalue weighted by atomic mass is 35.5. The first-order valence-electron chi connectivity index (χ1n) is 6.87. The highest BCUT2D eigenvalue weighted by molar-refractivity contribution is 6.31. The Balaban J connectivity index is 2.07. The second kappa shape index (κ2) is 6.29. The fourth-order valence-corrected chi connectivity index (χ4v) is 2.90. The summed E-state index contributed by atoms with van der Waals surface area (Å²) >= 11 is 5.83. The first-order chi connectivity index (χ1) is 9.11. The summed E-state index contributed by atoms with van der Waals surface area (Å²) in [4.78, 5) is 12.2. The Labute approximate surface area is 119 Å². The van der Waals surface area contributed by atoms with Crippen molar-refractivity contribution in [2.45, 2.75) is 45.1 Å². The lowest BCUT2D eigenvalue weighted by Crippen LogP contribution is -2.30. The molecule has 0 aromatic heterocycles. The average Bonchev–Trinajstić information content (AvgIpc) is 2.39. The Kier molecular flexibility index (Phi) is 4.70. The molecule has 0 heterocycles. The zero-order chi connectivity index (χ0) is 13.8. The van der Waals surface area contributed by atoms with Gasteiger partial charge in [0, 0.05) is 10.7 Å². The van der Waals surface area contributed by atoms with E-state index in [1.807, 2.05) is 0 Å². The fraction of sp³-hybridized carbons (Fsp3) is 0.533. The third kappa shape index (κ3) is 3.41. The summed E-state index contributed by atoms with van der Waals surface area (Å²) in [6.45, 7) is 2.15. The zero-order valence-corrected chi connectivity index (χ0v) is 12.0. The van der Waals surface area contributed by atoms with Gasteiger partial charge in [-0.25, -0.2) is 4.79 Å². The highest BCUT2D eigenvalue weighted by Crippen LogP contribution is 2.30. The molecular formula is C15H20ClNO2. The molecule has 19 heavy (non-hydrogen) atoms. The summed E-state index contributed by atoms with van der Waals surface area (Å²) in [6, 6.07) is 4.87. The van der Waals surface area contributed by atoms with Crippen LogP contribution in [0.5, 0.6) is 0 Å². The maximum Gasteiger partial charge on any atom is 0.340 e. The number of anilines is 1. The van der Waals surface area contributed by atoms with Crippen molar-refractivity contribution in [1.82, 2.24) is 0 Å². The molecule has 1 aliphatic carbocycles. The number of rotatable bonds is 3. The number of nitrogens with two attached hydrogens (primary N) is 1. The predicted octanol–water partition coefficient (Wildman–Crippen LogP) is 4.05. The van der Waals surface area contributed by atoms with Crippen molar-refractivity contribution in [2.24, 2.45) is 5.92 Å². The number of ether oxygens (including phenoxy) is 1. The van der Waals surface area contributed by atoms with Crippen molar-refractivity contribution >= 4 is 23.3 Å². The van der Waals surface area contributed by atoms with Crippen LogP contribution in [0.25, 0.3) is 0 Å². The molecule has 3 nitrogen and oxygen atoms in total. The molecule has 1 aromatic rings. The van der Waals surface area contributed by atoms with Crippen molar-refractivity contribution < 1.29 is 9.53 Å². The molecule has 0 radical (unpaired) electrons. The third-order valence-corrected chi connectivity index (χ3v) is 4.09. The second-order valence-corrected chi connectivity index (χ2v) is 5.56. The quantitative estimate of drug-likeness (QED) is 0.672. The minimum Gasteiger partial charge on any atom is -0.458 e. The number of hydrogen-bond donors (Lipinski definition) is 1. The molecule has 4 heteroatoms. The van der Waals surface area contributed by atoms with Gasteiger partial charge < -0.3 is 10.5 Å². The molecule has 1 aliphatic rings. The Bertz CT molecular complexity index is 461. The van der Waals surface area contributed by atoms with E-state index >= 15 is 0 Å². The van der Waals surface area contributed by atoms with E-state index in [1.54, 1.807) is 18.2 Å². The molecule has 1 aromatic carbocycles. The molecule has 2 N–H and O–H groups in total. The first-order valence-corrected chi connectivity index (χ1v) is 7.25. The number of carbonyl (C=O) groups excluding carboxylic acids is 1. The van der Waals surface area contributed by atoms with E-state index in [-0.39, 0.29) is 12.1 Å². The van der Waals surface area contributed by atoms with E-state index in [0.717, 1.165) is 25.7 Å². The molecule has 2 unspecified atom stereocenters. The standard InChI is InChI=1S/C15H20ClNO2/c1-2-10-5-3-4-6-14(10)19-15(18)12-8-7-11(16)9-13(12)17/h7-10,14H,2-6,17H2,1H3. The van der Waals surface area contributed by atoms with Gasteiger partial charge in [0.15, 0.2) is 0 Å². The molecule has 2 atom stereocenters. The predicted molar refractivity (Wildman–Crippen MR) is 77.3 cm³/mol.